The molecule has 1 atom stereocenters. The van der Waals surface area contributed by atoms with Crippen molar-refractivity contribution in [1.29, 1.82) is 0 Å². The van der Waals surface area contributed by atoms with Gasteiger partial charge in [0, 0.05) is 11.5 Å². The van der Waals surface area contributed by atoms with Gasteiger partial charge in [-0.3, -0.25) is 4.79 Å². The minimum atomic E-state index is -0.505. The molecule has 0 aromatic carbocycles. The molecule has 0 saturated carbocycles. The predicted molar refractivity (Wildman–Crippen MR) is 62.1 cm³/mol. The molecule has 1 aromatic rings. The number of hydrogen-bond acceptors (Lipinski definition) is 4. The van der Waals surface area contributed by atoms with Crippen molar-refractivity contribution in [2.75, 3.05) is 5.32 Å². The van der Waals surface area contributed by atoms with Gasteiger partial charge in [-0.1, -0.05) is 32.9 Å². The van der Waals surface area contributed by atoms with E-state index in [1.807, 2.05) is 27.7 Å². The van der Waals surface area contributed by atoms with E-state index in [1.54, 1.807) is 6.07 Å². The first-order valence-electron chi connectivity index (χ1n) is 5.38. The molecule has 0 spiro atoms. The van der Waals surface area contributed by atoms with Crippen LogP contribution < -0.4 is 11.1 Å². The highest BCUT2D eigenvalue weighted by Gasteiger charge is 2.21. The number of carbonyl (C=O) groups is 1. The van der Waals surface area contributed by atoms with E-state index >= 15 is 0 Å². The number of hydrogen-bond donors (Lipinski definition) is 2. The van der Waals surface area contributed by atoms with E-state index in [9.17, 15) is 4.79 Å². The van der Waals surface area contributed by atoms with Crippen molar-refractivity contribution in [2.45, 2.75) is 45.6 Å². The number of nitrogens with one attached hydrogen (secondary N) is 1. The third-order valence-corrected chi connectivity index (χ3v) is 2.28. The van der Waals surface area contributed by atoms with Gasteiger partial charge in [-0.05, 0) is 6.42 Å². The van der Waals surface area contributed by atoms with Crippen LogP contribution in [0.3, 0.4) is 0 Å². The molecule has 1 rings (SSSR count). The fraction of sp³-hybridized carbons (Fsp3) is 0.636. The molecule has 16 heavy (non-hydrogen) atoms. The summed E-state index contributed by atoms with van der Waals surface area (Å²) >= 11 is 0. The molecule has 0 fully saturated rings. The SMILES string of the molecule is CC[C@H](N)C(=O)Nc1cc(C(C)(C)C)on1. The van der Waals surface area contributed by atoms with E-state index in [0.717, 1.165) is 5.76 Å². The maximum absolute atomic E-state index is 11.5. The Labute approximate surface area is 95.4 Å². The van der Waals surface area contributed by atoms with Gasteiger partial charge in [-0.25, -0.2) is 0 Å². The average molecular weight is 225 g/mol. The van der Waals surface area contributed by atoms with Crippen molar-refractivity contribution in [3.05, 3.63) is 11.8 Å². The average Bonchev–Trinajstić information content (AvgIpc) is 2.64. The monoisotopic (exact) mass is 225 g/mol. The van der Waals surface area contributed by atoms with Crippen LogP contribution in [-0.2, 0) is 10.2 Å². The molecule has 3 N–H and O–H groups in total. The number of carbonyl (C=O) groups excluding carboxylic acids is 1. The molecule has 0 aliphatic heterocycles. The molecule has 0 aliphatic rings. The Kier molecular flexibility index (Phi) is 3.70. The zero-order chi connectivity index (χ0) is 12.3. The highest BCUT2D eigenvalue weighted by Crippen LogP contribution is 2.24. The lowest BCUT2D eigenvalue weighted by Crippen LogP contribution is -2.34. The molecule has 0 radical (unpaired) electrons. The maximum atomic E-state index is 11.5. The summed E-state index contributed by atoms with van der Waals surface area (Å²) in [5.74, 6) is 0.906. The summed E-state index contributed by atoms with van der Waals surface area (Å²) < 4.78 is 5.14. The molecule has 1 heterocycles. The van der Waals surface area contributed by atoms with Crippen LogP contribution in [0, 0.1) is 0 Å². The molecule has 0 unspecified atom stereocenters. The van der Waals surface area contributed by atoms with Gasteiger partial charge in [0.25, 0.3) is 0 Å². The molecular formula is C11H19N3O2. The van der Waals surface area contributed by atoms with Crippen LogP contribution in [0.15, 0.2) is 10.6 Å². The second-order valence-electron chi connectivity index (χ2n) is 4.83. The molecule has 0 bridgehead atoms. The number of rotatable bonds is 3. The zero-order valence-electron chi connectivity index (χ0n) is 10.2. The largest absolute Gasteiger partial charge is 0.359 e. The number of aromatic nitrogens is 1. The van der Waals surface area contributed by atoms with Gasteiger partial charge in [0.15, 0.2) is 5.82 Å². The smallest absolute Gasteiger partial charge is 0.242 e. The van der Waals surface area contributed by atoms with Crippen molar-refractivity contribution >= 4 is 11.7 Å². The van der Waals surface area contributed by atoms with Crippen LogP contribution in [0.2, 0.25) is 0 Å². The minimum Gasteiger partial charge on any atom is -0.359 e. The van der Waals surface area contributed by atoms with E-state index in [-0.39, 0.29) is 11.3 Å². The van der Waals surface area contributed by atoms with Crippen LogP contribution in [0.25, 0.3) is 0 Å². The molecule has 5 nitrogen and oxygen atoms in total. The van der Waals surface area contributed by atoms with Crippen molar-refractivity contribution in [3.63, 3.8) is 0 Å². The lowest BCUT2D eigenvalue weighted by molar-refractivity contribution is -0.117. The zero-order valence-corrected chi connectivity index (χ0v) is 10.2. The lowest BCUT2D eigenvalue weighted by Gasteiger charge is -2.12. The standard InChI is InChI=1S/C11H19N3O2/c1-5-7(12)10(15)13-9-6-8(16-14-9)11(2,3)4/h6-7H,5,12H2,1-4H3,(H,13,14,15)/t7-/m0/s1. The van der Waals surface area contributed by atoms with Gasteiger partial charge in [0.1, 0.15) is 5.76 Å². The maximum Gasteiger partial charge on any atom is 0.242 e. The Hall–Kier alpha value is -1.36. The van der Waals surface area contributed by atoms with Gasteiger partial charge in [-0.15, -0.1) is 0 Å². The Bertz CT molecular complexity index is 366. The van der Waals surface area contributed by atoms with Crippen LogP contribution in [0.4, 0.5) is 5.82 Å². The third kappa shape index (κ3) is 3.06. The van der Waals surface area contributed by atoms with E-state index in [2.05, 4.69) is 10.5 Å². The van der Waals surface area contributed by atoms with Crippen LogP contribution in [-0.4, -0.2) is 17.1 Å². The Morgan fingerprint density at radius 3 is 2.69 bits per heavy atom. The molecular weight excluding hydrogens is 206 g/mol. The summed E-state index contributed by atoms with van der Waals surface area (Å²) in [6.07, 6.45) is 0.593. The first-order chi connectivity index (χ1) is 7.34. The molecule has 5 heteroatoms. The molecule has 1 amide bonds. The summed E-state index contributed by atoms with van der Waals surface area (Å²) in [5.41, 5.74) is 5.46. The van der Waals surface area contributed by atoms with E-state index in [4.69, 9.17) is 10.3 Å². The molecule has 0 aliphatic carbocycles. The van der Waals surface area contributed by atoms with Gasteiger partial charge in [0.05, 0.1) is 6.04 Å². The minimum absolute atomic E-state index is 0.122. The fourth-order valence-corrected chi connectivity index (χ4v) is 1.09. The van der Waals surface area contributed by atoms with Gasteiger partial charge in [0.2, 0.25) is 5.91 Å². The van der Waals surface area contributed by atoms with E-state index in [1.165, 1.54) is 0 Å². The highest BCUT2D eigenvalue weighted by atomic mass is 16.5. The van der Waals surface area contributed by atoms with Crippen LogP contribution >= 0.6 is 0 Å². The van der Waals surface area contributed by atoms with Gasteiger partial charge >= 0.3 is 0 Å². The first-order valence-corrected chi connectivity index (χ1v) is 5.38. The summed E-state index contributed by atoms with van der Waals surface area (Å²) in [5, 5.41) is 6.39. The second kappa shape index (κ2) is 4.65. The first kappa shape index (κ1) is 12.7. The second-order valence-corrected chi connectivity index (χ2v) is 4.83. The van der Waals surface area contributed by atoms with Gasteiger partial charge in [-0.2, -0.15) is 0 Å². The Morgan fingerprint density at radius 2 is 2.25 bits per heavy atom. The number of amides is 1. The Balaban J connectivity index is 2.70. The number of nitrogens with zero attached hydrogens (tertiary/aromatic N) is 1. The summed E-state index contributed by atoms with van der Waals surface area (Å²) in [6, 6.07) is 1.22. The van der Waals surface area contributed by atoms with Crippen LogP contribution in [0.5, 0.6) is 0 Å². The Morgan fingerprint density at radius 1 is 1.62 bits per heavy atom. The summed E-state index contributed by atoms with van der Waals surface area (Å²) in [6.45, 7) is 7.89. The number of nitrogens with two attached hydrogens (primary N) is 1. The lowest BCUT2D eigenvalue weighted by atomic mass is 9.93. The topological polar surface area (TPSA) is 81.2 Å². The highest BCUT2D eigenvalue weighted by molar-refractivity contribution is 5.93. The van der Waals surface area contributed by atoms with Crippen molar-refractivity contribution in [2.24, 2.45) is 5.73 Å². The quantitative estimate of drug-likeness (QED) is 0.819. The third-order valence-electron chi connectivity index (χ3n) is 2.28. The fourth-order valence-electron chi connectivity index (χ4n) is 1.09. The van der Waals surface area contributed by atoms with Crippen molar-refractivity contribution in [1.82, 2.24) is 5.16 Å². The van der Waals surface area contributed by atoms with E-state index < -0.39 is 6.04 Å². The normalized spacial score (nSPS) is 13.6. The molecule has 0 saturated heterocycles. The summed E-state index contributed by atoms with van der Waals surface area (Å²) in [7, 11) is 0. The van der Waals surface area contributed by atoms with E-state index in [0.29, 0.717) is 12.2 Å². The number of anilines is 1. The molecule has 90 valence electrons. The van der Waals surface area contributed by atoms with Gasteiger partial charge < -0.3 is 15.6 Å². The predicted octanol–water partition coefficient (Wildman–Crippen LogP) is 1.65. The van der Waals surface area contributed by atoms with Crippen molar-refractivity contribution < 1.29 is 9.32 Å². The molecule has 1 aromatic heterocycles. The summed E-state index contributed by atoms with van der Waals surface area (Å²) in [4.78, 5) is 11.5. The van der Waals surface area contributed by atoms with Crippen LogP contribution in [0.1, 0.15) is 39.9 Å². The van der Waals surface area contributed by atoms with Crippen molar-refractivity contribution in [3.8, 4) is 0 Å².